The molecule has 1 N–H and O–H groups in total. The summed E-state index contributed by atoms with van der Waals surface area (Å²) < 4.78 is 23.2. The number of nitrogens with zero attached hydrogens (tertiary/aromatic N) is 3. The van der Waals surface area contributed by atoms with Gasteiger partial charge in [0.15, 0.2) is 9.84 Å². The molecule has 0 atom stereocenters. The largest absolute Gasteiger partial charge is 0.370 e. The van der Waals surface area contributed by atoms with E-state index in [1.54, 1.807) is 0 Å². The van der Waals surface area contributed by atoms with Crippen molar-refractivity contribution >= 4 is 15.7 Å². The quantitative estimate of drug-likeness (QED) is 0.887. The van der Waals surface area contributed by atoms with Crippen molar-refractivity contribution in [3.63, 3.8) is 0 Å². The molecular weight excluding hydrogens is 276 g/mol. The monoisotopic (exact) mass is 298 g/mol. The van der Waals surface area contributed by atoms with Crippen molar-refractivity contribution in [2.75, 3.05) is 36.5 Å². The molecule has 2 rings (SSSR count). The summed E-state index contributed by atoms with van der Waals surface area (Å²) in [5, 5.41) is 3.19. The zero-order chi connectivity index (χ0) is 14.6. The number of nitrogens with one attached hydrogen (secondary N) is 1. The van der Waals surface area contributed by atoms with Gasteiger partial charge in [-0.25, -0.2) is 18.4 Å². The van der Waals surface area contributed by atoms with Crippen molar-refractivity contribution in [2.24, 2.45) is 0 Å². The van der Waals surface area contributed by atoms with E-state index in [9.17, 15) is 8.42 Å². The molecule has 1 aromatic heterocycles. The van der Waals surface area contributed by atoms with Crippen LogP contribution in [-0.4, -0.2) is 54.4 Å². The molecule has 1 fully saturated rings. The lowest BCUT2D eigenvalue weighted by Gasteiger charge is -2.18. The standard InChI is InChI=1S/C13H22N4O2S/c1-3-14-12-9-11(2)15-13(16-12)10-17-5-4-7-20(18,19)8-6-17/h9H,3-8,10H2,1-2H3,(H,14,15,16). The third-order valence-corrected chi connectivity index (χ3v) is 4.99. The summed E-state index contributed by atoms with van der Waals surface area (Å²) in [6.07, 6.45) is 0.689. The Hall–Kier alpha value is -1.21. The molecule has 6 nitrogen and oxygen atoms in total. The molecule has 20 heavy (non-hydrogen) atoms. The summed E-state index contributed by atoms with van der Waals surface area (Å²) in [6, 6.07) is 1.92. The molecule has 0 saturated carbocycles. The average Bonchev–Trinajstić information content (AvgIpc) is 2.51. The van der Waals surface area contributed by atoms with Crippen molar-refractivity contribution in [3.05, 3.63) is 17.6 Å². The van der Waals surface area contributed by atoms with Crippen LogP contribution < -0.4 is 5.32 Å². The fourth-order valence-electron chi connectivity index (χ4n) is 2.32. The fraction of sp³-hybridized carbons (Fsp3) is 0.692. The maximum absolute atomic E-state index is 11.6. The first kappa shape index (κ1) is 15.2. The van der Waals surface area contributed by atoms with Crippen molar-refractivity contribution in [1.82, 2.24) is 14.9 Å². The first-order chi connectivity index (χ1) is 9.48. The molecule has 0 amide bonds. The van der Waals surface area contributed by atoms with E-state index in [1.165, 1.54) is 0 Å². The minimum absolute atomic E-state index is 0.235. The fourth-order valence-corrected chi connectivity index (χ4v) is 3.63. The minimum Gasteiger partial charge on any atom is -0.370 e. The second-order valence-corrected chi connectivity index (χ2v) is 7.43. The van der Waals surface area contributed by atoms with Crippen LogP contribution >= 0.6 is 0 Å². The lowest BCUT2D eigenvalue weighted by Crippen LogP contribution is -2.27. The van der Waals surface area contributed by atoms with E-state index < -0.39 is 9.84 Å². The van der Waals surface area contributed by atoms with Gasteiger partial charge in [-0.15, -0.1) is 0 Å². The lowest BCUT2D eigenvalue weighted by atomic mass is 10.3. The third-order valence-electron chi connectivity index (χ3n) is 3.27. The number of anilines is 1. The lowest BCUT2D eigenvalue weighted by molar-refractivity contribution is 0.280. The molecule has 2 heterocycles. The van der Waals surface area contributed by atoms with Crippen LogP contribution in [0.15, 0.2) is 6.07 Å². The van der Waals surface area contributed by atoms with Crippen LogP contribution in [0, 0.1) is 6.92 Å². The van der Waals surface area contributed by atoms with Crippen molar-refractivity contribution in [2.45, 2.75) is 26.8 Å². The van der Waals surface area contributed by atoms with Gasteiger partial charge in [-0.3, -0.25) is 4.90 Å². The van der Waals surface area contributed by atoms with E-state index >= 15 is 0 Å². The number of hydrogen-bond acceptors (Lipinski definition) is 6. The molecule has 1 aromatic rings. The first-order valence-electron chi connectivity index (χ1n) is 7.00. The zero-order valence-electron chi connectivity index (χ0n) is 12.1. The highest BCUT2D eigenvalue weighted by Crippen LogP contribution is 2.11. The third kappa shape index (κ3) is 4.42. The van der Waals surface area contributed by atoms with Crippen molar-refractivity contribution in [1.29, 1.82) is 0 Å². The van der Waals surface area contributed by atoms with Crippen LogP contribution in [0.5, 0.6) is 0 Å². The number of hydrogen-bond donors (Lipinski definition) is 1. The normalized spacial score (nSPS) is 19.5. The molecule has 1 saturated heterocycles. The summed E-state index contributed by atoms with van der Waals surface area (Å²) in [5.41, 5.74) is 0.924. The number of sulfone groups is 1. The predicted octanol–water partition coefficient (Wildman–Crippen LogP) is 0.837. The number of aromatic nitrogens is 2. The molecule has 1 aliphatic rings. The van der Waals surface area contributed by atoms with Gasteiger partial charge >= 0.3 is 0 Å². The highest BCUT2D eigenvalue weighted by atomic mass is 32.2. The molecule has 0 aliphatic carbocycles. The molecule has 0 bridgehead atoms. The van der Waals surface area contributed by atoms with Gasteiger partial charge in [-0.05, 0) is 26.8 Å². The van der Waals surface area contributed by atoms with E-state index in [4.69, 9.17) is 0 Å². The molecule has 0 aromatic carbocycles. The Labute approximate surface area is 120 Å². The Morgan fingerprint density at radius 1 is 1.30 bits per heavy atom. The Morgan fingerprint density at radius 2 is 2.10 bits per heavy atom. The molecule has 0 radical (unpaired) electrons. The van der Waals surface area contributed by atoms with Gasteiger partial charge in [0.2, 0.25) is 0 Å². The van der Waals surface area contributed by atoms with Crippen molar-refractivity contribution in [3.8, 4) is 0 Å². The van der Waals surface area contributed by atoms with Gasteiger partial charge in [0.05, 0.1) is 18.1 Å². The Balaban J connectivity index is 2.05. The summed E-state index contributed by atoms with van der Waals surface area (Å²) in [4.78, 5) is 11.0. The van der Waals surface area contributed by atoms with Crippen LogP contribution in [0.1, 0.15) is 24.9 Å². The second-order valence-electron chi connectivity index (χ2n) is 5.12. The van der Waals surface area contributed by atoms with E-state index in [0.29, 0.717) is 25.3 Å². The number of aryl methyl sites for hydroxylation is 1. The first-order valence-corrected chi connectivity index (χ1v) is 8.82. The molecule has 7 heteroatoms. The SMILES string of the molecule is CCNc1cc(C)nc(CN2CCCS(=O)(=O)CC2)n1. The Kier molecular flexibility index (Phi) is 4.93. The van der Waals surface area contributed by atoms with Crippen LogP contribution in [-0.2, 0) is 16.4 Å². The molecule has 112 valence electrons. The highest BCUT2D eigenvalue weighted by molar-refractivity contribution is 7.91. The number of rotatable bonds is 4. The van der Waals surface area contributed by atoms with Gasteiger partial charge in [-0.2, -0.15) is 0 Å². The van der Waals surface area contributed by atoms with Gasteiger partial charge in [-0.1, -0.05) is 0 Å². The molecular formula is C13H22N4O2S. The van der Waals surface area contributed by atoms with Gasteiger partial charge in [0.25, 0.3) is 0 Å². The van der Waals surface area contributed by atoms with Crippen LogP contribution in [0.2, 0.25) is 0 Å². The Bertz CT molecular complexity index is 559. The summed E-state index contributed by atoms with van der Waals surface area (Å²) >= 11 is 0. The smallest absolute Gasteiger partial charge is 0.151 e. The van der Waals surface area contributed by atoms with E-state index in [2.05, 4.69) is 20.2 Å². The van der Waals surface area contributed by atoms with Gasteiger partial charge < -0.3 is 5.32 Å². The second kappa shape index (κ2) is 6.49. The van der Waals surface area contributed by atoms with Crippen LogP contribution in [0.4, 0.5) is 5.82 Å². The molecule has 0 spiro atoms. The average molecular weight is 298 g/mol. The molecule has 0 unspecified atom stereocenters. The summed E-state index contributed by atoms with van der Waals surface area (Å²) in [6.45, 7) is 6.74. The van der Waals surface area contributed by atoms with Gasteiger partial charge in [0.1, 0.15) is 11.6 Å². The van der Waals surface area contributed by atoms with E-state index in [0.717, 1.165) is 30.4 Å². The maximum Gasteiger partial charge on any atom is 0.151 e. The van der Waals surface area contributed by atoms with E-state index in [1.807, 2.05) is 19.9 Å². The highest BCUT2D eigenvalue weighted by Gasteiger charge is 2.19. The molecule has 1 aliphatic heterocycles. The maximum atomic E-state index is 11.6. The Morgan fingerprint density at radius 3 is 2.85 bits per heavy atom. The van der Waals surface area contributed by atoms with E-state index in [-0.39, 0.29) is 5.75 Å². The summed E-state index contributed by atoms with van der Waals surface area (Å²) in [5.74, 6) is 2.11. The zero-order valence-corrected chi connectivity index (χ0v) is 12.9. The van der Waals surface area contributed by atoms with Crippen LogP contribution in [0.3, 0.4) is 0 Å². The predicted molar refractivity (Wildman–Crippen MR) is 79.5 cm³/mol. The van der Waals surface area contributed by atoms with Crippen molar-refractivity contribution < 1.29 is 8.42 Å². The van der Waals surface area contributed by atoms with Gasteiger partial charge in [0, 0.05) is 24.8 Å². The van der Waals surface area contributed by atoms with Crippen LogP contribution in [0.25, 0.3) is 0 Å². The topological polar surface area (TPSA) is 75.2 Å². The minimum atomic E-state index is -2.86. The summed E-state index contributed by atoms with van der Waals surface area (Å²) in [7, 11) is -2.86.